The Morgan fingerprint density at radius 3 is 2.89 bits per heavy atom. The summed E-state index contributed by atoms with van der Waals surface area (Å²) in [6.07, 6.45) is 9.66. The standard InChI is InChI=1S/C15H22N2S/c16-8-11-2-1-3-13-14(11)17-15(18-13)12-7-9-4-5-10(12)6-9/h9-12H,1-8,16H2. The van der Waals surface area contributed by atoms with E-state index in [-0.39, 0.29) is 0 Å². The molecule has 0 amide bonds. The molecule has 3 aliphatic carbocycles. The topological polar surface area (TPSA) is 38.9 Å². The molecule has 3 aliphatic rings. The van der Waals surface area contributed by atoms with Gasteiger partial charge in [0, 0.05) is 23.3 Å². The summed E-state index contributed by atoms with van der Waals surface area (Å²) in [5.41, 5.74) is 7.29. The van der Waals surface area contributed by atoms with Crippen molar-refractivity contribution in [1.29, 1.82) is 0 Å². The van der Waals surface area contributed by atoms with Crippen LogP contribution in [0.15, 0.2) is 0 Å². The largest absolute Gasteiger partial charge is 0.330 e. The molecule has 2 fully saturated rings. The first kappa shape index (κ1) is 11.4. The van der Waals surface area contributed by atoms with Crippen molar-refractivity contribution in [2.45, 2.75) is 56.8 Å². The number of thiazole rings is 1. The molecule has 0 spiro atoms. The first-order valence-electron chi connectivity index (χ1n) is 7.54. The third kappa shape index (κ3) is 1.67. The van der Waals surface area contributed by atoms with Crippen molar-refractivity contribution in [3.63, 3.8) is 0 Å². The van der Waals surface area contributed by atoms with Crippen molar-refractivity contribution >= 4 is 11.3 Å². The van der Waals surface area contributed by atoms with E-state index in [9.17, 15) is 0 Å². The average Bonchev–Trinajstić information content (AvgIpc) is 3.11. The number of nitrogens with zero attached hydrogens (tertiary/aromatic N) is 1. The molecular formula is C15H22N2S. The Morgan fingerprint density at radius 1 is 1.22 bits per heavy atom. The van der Waals surface area contributed by atoms with Crippen LogP contribution in [0.5, 0.6) is 0 Å². The van der Waals surface area contributed by atoms with Crippen molar-refractivity contribution in [2.75, 3.05) is 6.54 Å². The van der Waals surface area contributed by atoms with Crippen molar-refractivity contribution in [2.24, 2.45) is 17.6 Å². The van der Waals surface area contributed by atoms with Crippen LogP contribution in [0.1, 0.15) is 65.9 Å². The Morgan fingerprint density at radius 2 is 2.17 bits per heavy atom. The first-order chi connectivity index (χ1) is 8.85. The molecule has 1 heterocycles. The molecule has 18 heavy (non-hydrogen) atoms. The lowest BCUT2D eigenvalue weighted by Gasteiger charge is -2.19. The van der Waals surface area contributed by atoms with E-state index >= 15 is 0 Å². The lowest BCUT2D eigenvalue weighted by atomic mass is 9.89. The molecule has 0 saturated heterocycles. The smallest absolute Gasteiger partial charge is 0.0965 e. The van der Waals surface area contributed by atoms with E-state index in [1.807, 2.05) is 11.3 Å². The highest BCUT2D eigenvalue weighted by molar-refractivity contribution is 7.11. The molecule has 98 valence electrons. The van der Waals surface area contributed by atoms with Crippen molar-refractivity contribution < 1.29 is 0 Å². The summed E-state index contributed by atoms with van der Waals surface area (Å²) in [5.74, 6) is 3.33. The zero-order chi connectivity index (χ0) is 12.1. The predicted octanol–water partition coefficient (Wildman–Crippen LogP) is 3.43. The number of rotatable bonds is 2. The van der Waals surface area contributed by atoms with Crippen molar-refractivity contribution in [3.05, 3.63) is 15.6 Å². The summed E-state index contributed by atoms with van der Waals surface area (Å²) in [6.45, 7) is 0.785. The molecular weight excluding hydrogens is 240 g/mol. The fraction of sp³-hybridized carbons (Fsp3) is 0.800. The van der Waals surface area contributed by atoms with Crippen LogP contribution >= 0.6 is 11.3 Å². The summed E-state index contributed by atoms with van der Waals surface area (Å²) in [4.78, 5) is 6.61. The van der Waals surface area contributed by atoms with E-state index in [0.29, 0.717) is 5.92 Å². The van der Waals surface area contributed by atoms with Crippen LogP contribution in [0, 0.1) is 11.8 Å². The summed E-state index contributed by atoms with van der Waals surface area (Å²) in [7, 11) is 0. The van der Waals surface area contributed by atoms with E-state index in [4.69, 9.17) is 10.7 Å². The van der Waals surface area contributed by atoms with Crippen LogP contribution in [-0.2, 0) is 6.42 Å². The molecule has 0 aromatic carbocycles. The minimum atomic E-state index is 0.553. The van der Waals surface area contributed by atoms with Gasteiger partial charge in [-0.2, -0.15) is 0 Å². The van der Waals surface area contributed by atoms with Gasteiger partial charge < -0.3 is 5.73 Å². The van der Waals surface area contributed by atoms with E-state index in [1.54, 1.807) is 4.88 Å². The fourth-order valence-electron chi connectivity index (χ4n) is 4.46. The lowest BCUT2D eigenvalue weighted by Crippen LogP contribution is -2.17. The highest BCUT2D eigenvalue weighted by Gasteiger charge is 2.42. The second kappa shape index (κ2) is 4.31. The average molecular weight is 262 g/mol. The Bertz CT molecular complexity index is 453. The highest BCUT2D eigenvalue weighted by atomic mass is 32.1. The minimum absolute atomic E-state index is 0.553. The number of aromatic nitrogens is 1. The molecule has 2 saturated carbocycles. The molecule has 3 heteroatoms. The number of hydrogen-bond acceptors (Lipinski definition) is 3. The maximum Gasteiger partial charge on any atom is 0.0965 e. The van der Waals surface area contributed by atoms with Gasteiger partial charge in [-0.3, -0.25) is 0 Å². The molecule has 4 atom stereocenters. The van der Waals surface area contributed by atoms with Crippen LogP contribution in [0.25, 0.3) is 0 Å². The number of hydrogen-bond donors (Lipinski definition) is 1. The van der Waals surface area contributed by atoms with Crippen LogP contribution in [0.4, 0.5) is 0 Å². The minimum Gasteiger partial charge on any atom is -0.330 e. The first-order valence-corrected chi connectivity index (χ1v) is 8.36. The molecule has 2 bridgehead atoms. The second-order valence-corrected chi connectivity index (χ2v) is 7.58. The predicted molar refractivity (Wildman–Crippen MR) is 75.0 cm³/mol. The summed E-state index contributed by atoms with van der Waals surface area (Å²) in [6, 6.07) is 0. The van der Waals surface area contributed by atoms with Gasteiger partial charge in [0.1, 0.15) is 0 Å². The van der Waals surface area contributed by atoms with Crippen LogP contribution < -0.4 is 5.73 Å². The molecule has 0 radical (unpaired) electrons. The quantitative estimate of drug-likeness (QED) is 0.887. The maximum atomic E-state index is 5.91. The molecule has 0 aliphatic heterocycles. The Balaban J connectivity index is 1.65. The Kier molecular flexibility index (Phi) is 2.73. The van der Waals surface area contributed by atoms with E-state index < -0.39 is 0 Å². The number of fused-ring (bicyclic) bond motifs is 3. The van der Waals surface area contributed by atoms with Gasteiger partial charge >= 0.3 is 0 Å². The summed E-state index contributed by atoms with van der Waals surface area (Å²) in [5, 5.41) is 1.47. The van der Waals surface area contributed by atoms with Crippen LogP contribution in [0.3, 0.4) is 0 Å². The summed E-state index contributed by atoms with van der Waals surface area (Å²) < 4.78 is 0. The molecule has 2 nitrogen and oxygen atoms in total. The molecule has 2 N–H and O–H groups in total. The normalized spacial score (nSPS) is 38.1. The van der Waals surface area contributed by atoms with Gasteiger partial charge in [0.15, 0.2) is 0 Å². The molecule has 4 unspecified atom stereocenters. The monoisotopic (exact) mass is 262 g/mol. The Hall–Kier alpha value is -0.410. The SMILES string of the molecule is NCC1CCCc2sc(C3CC4CCC3C4)nc21. The molecule has 1 aromatic rings. The van der Waals surface area contributed by atoms with E-state index in [0.717, 1.165) is 24.3 Å². The number of nitrogens with two attached hydrogens (primary N) is 1. The van der Waals surface area contributed by atoms with Gasteiger partial charge in [-0.05, 0) is 50.4 Å². The molecule has 1 aromatic heterocycles. The van der Waals surface area contributed by atoms with E-state index in [2.05, 4.69) is 0 Å². The van der Waals surface area contributed by atoms with Gasteiger partial charge in [0.25, 0.3) is 0 Å². The van der Waals surface area contributed by atoms with Gasteiger partial charge in [-0.15, -0.1) is 11.3 Å². The Labute approximate surface area is 113 Å². The van der Waals surface area contributed by atoms with Gasteiger partial charge in [0.2, 0.25) is 0 Å². The third-order valence-corrected chi connectivity index (χ3v) is 6.69. The number of aryl methyl sites for hydroxylation is 1. The second-order valence-electron chi connectivity index (χ2n) is 6.47. The van der Waals surface area contributed by atoms with Gasteiger partial charge in [-0.25, -0.2) is 4.98 Å². The third-order valence-electron chi connectivity index (χ3n) is 5.43. The van der Waals surface area contributed by atoms with Gasteiger partial charge in [-0.1, -0.05) is 6.42 Å². The van der Waals surface area contributed by atoms with Crippen LogP contribution in [0.2, 0.25) is 0 Å². The zero-order valence-electron chi connectivity index (χ0n) is 10.9. The van der Waals surface area contributed by atoms with Crippen molar-refractivity contribution in [1.82, 2.24) is 4.98 Å². The van der Waals surface area contributed by atoms with E-state index in [1.165, 1.54) is 55.6 Å². The van der Waals surface area contributed by atoms with Gasteiger partial charge in [0.05, 0.1) is 10.7 Å². The van der Waals surface area contributed by atoms with Crippen LogP contribution in [-0.4, -0.2) is 11.5 Å². The molecule has 4 rings (SSSR count). The zero-order valence-corrected chi connectivity index (χ0v) is 11.7. The summed E-state index contributed by atoms with van der Waals surface area (Å²) >= 11 is 2.02. The lowest BCUT2D eigenvalue weighted by molar-refractivity contribution is 0.417. The van der Waals surface area contributed by atoms with Crippen molar-refractivity contribution in [3.8, 4) is 0 Å². The maximum absolute atomic E-state index is 5.91. The highest BCUT2D eigenvalue weighted by Crippen LogP contribution is 2.54. The fourth-order valence-corrected chi connectivity index (χ4v) is 5.86.